The Hall–Kier alpha value is -0.860. The van der Waals surface area contributed by atoms with Crippen LogP contribution < -0.4 is 5.32 Å². The van der Waals surface area contributed by atoms with E-state index in [2.05, 4.69) is 43.4 Å². The first-order valence-electron chi connectivity index (χ1n) is 7.14. The van der Waals surface area contributed by atoms with Crippen LogP contribution >= 0.6 is 0 Å². The third-order valence-electron chi connectivity index (χ3n) is 4.49. The van der Waals surface area contributed by atoms with E-state index < -0.39 is 0 Å². The number of aryl methyl sites for hydroxylation is 1. The Balaban J connectivity index is 1.74. The lowest BCUT2D eigenvalue weighted by atomic mass is 9.91. The van der Waals surface area contributed by atoms with E-state index in [0.717, 1.165) is 6.61 Å². The van der Waals surface area contributed by atoms with Crippen LogP contribution in [-0.2, 0) is 4.74 Å². The fourth-order valence-electron chi connectivity index (χ4n) is 3.48. The van der Waals surface area contributed by atoms with Crippen molar-refractivity contribution in [3.8, 4) is 0 Å². The maximum Gasteiger partial charge on any atom is 0.0976 e. The fourth-order valence-corrected chi connectivity index (χ4v) is 3.48. The van der Waals surface area contributed by atoms with E-state index in [4.69, 9.17) is 4.74 Å². The van der Waals surface area contributed by atoms with Crippen LogP contribution in [0.3, 0.4) is 0 Å². The minimum atomic E-state index is 0.205. The van der Waals surface area contributed by atoms with Crippen molar-refractivity contribution in [2.45, 2.75) is 57.2 Å². The second-order valence-corrected chi connectivity index (χ2v) is 6.06. The third kappa shape index (κ3) is 2.19. The van der Waals surface area contributed by atoms with Crippen LogP contribution in [0.2, 0.25) is 0 Å². The molecule has 2 fully saturated rings. The van der Waals surface area contributed by atoms with Gasteiger partial charge in [0.2, 0.25) is 0 Å². The van der Waals surface area contributed by atoms with Gasteiger partial charge in [0.15, 0.2) is 0 Å². The highest BCUT2D eigenvalue weighted by atomic mass is 16.5. The number of hydrogen-bond donors (Lipinski definition) is 1. The minimum absolute atomic E-state index is 0.205. The molecule has 98 valence electrons. The molecule has 1 spiro atoms. The van der Waals surface area contributed by atoms with Crippen molar-refractivity contribution in [3.63, 3.8) is 0 Å². The number of rotatable bonds is 1. The Morgan fingerprint density at radius 1 is 1.17 bits per heavy atom. The van der Waals surface area contributed by atoms with Gasteiger partial charge in [-0.3, -0.25) is 0 Å². The molecule has 1 aliphatic heterocycles. The molecule has 2 nitrogen and oxygen atoms in total. The lowest BCUT2D eigenvalue weighted by Gasteiger charge is -2.43. The van der Waals surface area contributed by atoms with E-state index in [1.807, 2.05) is 0 Å². The maximum atomic E-state index is 6.19. The van der Waals surface area contributed by atoms with Crippen LogP contribution in [-0.4, -0.2) is 18.2 Å². The molecule has 2 unspecified atom stereocenters. The Labute approximate surface area is 110 Å². The smallest absolute Gasteiger partial charge is 0.0976 e. The molecule has 18 heavy (non-hydrogen) atoms. The molecule has 2 atom stereocenters. The van der Waals surface area contributed by atoms with Crippen molar-refractivity contribution in [2.24, 2.45) is 0 Å². The van der Waals surface area contributed by atoms with E-state index in [0.29, 0.717) is 6.04 Å². The zero-order valence-electron chi connectivity index (χ0n) is 11.4. The minimum Gasteiger partial charge on any atom is -0.370 e. The zero-order valence-corrected chi connectivity index (χ0v) is 11.4. The summed E-state index contributed by atoms with van der Waals surface area (Å²) in [5.41, 5.74) is 2.89. The Bertz CT molecular complexity index is 406. The summed E-state index contributed by atoms with van der Waals surface area (Å²) in [5, 5.41) is 3.83. The molecule has 2 aliphatic rings. The number of hydrogen-bond acceptors (Lipinski definition) is 2. The van der Waals surface area contributed by atoms with E-state index in [1.165, 1.54) is 36.8 Å². The van der Waals surface area contributed by atoms with E-state index in [1.54, 1.807) is 0 Å². The van der Waals surface area contributed by atoms with Gasteiger partial charge in [0.05, 0.1) is 12.7 Å². The van der Waals surface area contributed by atoms with Gasteiger partial charge in [0, 0.05) is 11.6 Å². The monoisotopic (exact) mass is 245 g/mol. The lowest BCUT2D eigenvalue weighted by Crippen LogP contribution is -2.57. The second kappa shape index (κ2) is 4.67. The average Bonchev–Trinajstić information content (AvgIpc) is 2.79. The molecule has 1 saturated heterocycles. The Morgan fingerprint density at radius 3 is 2.44 bits per heavy atom. The van der Waals surface area contributed by atoms with Crippen molar-refractivity contribution >= 4 is 0 Å². The average molecular weight is 245 g/mol. The van der Waals surface area contributed by atoms with Crippen LogP contribution in [0.4, 0.5) is 0 Å². The number of benzene rings is 1. The van der Waals surface area contributed by atoms with Crippen molar-refractivity contribution in [3.05, 3.63) is 35.4 Å². The molecule has 1 heterocycles. The predicted octanol–water partition coefficient (Wildman–Crippen LogP) is 3.36. The van der Waals surface area contributed by atoms with Gasteiger partial charge in [0.25, 0.3) is 0 Å². The summed E-state index contributed by atoms with van der Waals surface area (Å²) in [6, 6.07) is 9.14. The summed E-state index contributed by atoms with van der Waals surface area (Å²) in [7, 11) is 0. The van der Waals surface area contributed by atoms with Gasteiger partial charge in [-0.1, -0.05) is 42.7 Å². The molecular formula is C16H23NO. The van der Waals surface area contributed by atoms with Crippen LogP contribution in [0.25, 0.3) is 0 Å². The largest absolute Gasteiger partial charge is 0.370 e. The first-order chi connectivity index (χ1) is 8.69. The SMILES string of the molecule is Cc1ccc(C2OCC3(CCCC3)NC2C)cc1. The van der Waals surface area contributed by atoms with Crippen molar-refractivity contribution in [2.75, 3.05) is 6.61 Å². The maximum absolute atomic E-state index is 6.19. The molecule has 0 bridgehead atoms. The zero-order chi connectivity index (χ0) is 12.6. The quantitative estimate of drug-likeness (QED) is 0.819. The molecule has 0 aromatic heterocycles. The Morgan fingerprint density at radius 2 is 1.83 bits per heavy atom. The van der Waals surface area contributed by atoms with Gasteiger partial charge < -0.3 is 10.1 Å². The number of ether oxygens (including phenoxy) is 1. The first-order valence-corrected chi connectivity index (χ1v) is 7.14. The second-order valence-electron chi connectivity index (χ2n) is 6.06. The molecule has 0 radical (unpaired) electrons. The topological polar surface area (TPSA) is 21.3 Å². The summed E-state index contributed by atoms with van der Waals surface area (Å²) in [6.07, 6.45) is 5.45. The molecule has 1 aromatic rings. The van der Waals surface area contributed by atoms with E-state index in [-0.39, 0.29) is 11.6 Å². The van der Waals surface area contributed by atoms with Gasteiger partial charge in [0.1, 0.15) is 0 Å². The summed E-state index contributed by atoms with van der Waals surface area (Å²) >= 11 is 0. The summed E-state index contributed by atoms with van der Waals surface area (Å²) in [5.74, 6) is 0. The highest BCUT2D eigenvalue weighted by molar-refractivity contribution is 5.25. The summed E-state index contributed by atoms with van der Waals surface area (Å²) in [6.45, 7) is 5.25. The Kier molecular flexibility index (Phi) is 3.16. The molecule has 2 heteroatoms. The lowest BCUT2D eigenvalue weighted by molar-refractivity contribution is -0.0587. The van der Waals surface area contributed by atoms with Crippen molar-refractivity contribution < 1.29 is 4.74 Å². The number of nitrogens with one attached hydrogen (secondary N) is 1. The number of morpholine rings is 1. The summed E-state index contributed by atoms with van der Waals surface area (Å²) < 4.78 is 6.19. The van der Waals surface area contributed by atoms with Gasteiger partial charge in [-0.2, -0.15) is 0 Å². The van der Waals surface area contributed by atoms with Gasteiger partial charge >= 0.3 is 0 Å². The highest BCUT2D eigenvalue weighted by Crippen LogP contribution is 2.37. The van der Waals surface area contributed by atoms with Crippen LogP contribution in [0.15, 0.2) is 24.3 Å². The van der Waals surface area contributed by atoms with E-state index >= 15 is 0 Å². The molecule has 1 N–H and O–H groups in total. The predicted molar refractivity (Wildman–Crippen MR) is 73.7 cm³/mol. The van der Waals surface area contributed by atoms with Crippen molar-refractivity contribution in [1.29, 1.82) is 0 Å². The normalized spacial score (nSPS) is 30.8. The van der Waals surface area contributed by atoms with E-state index in [9.17, 15) is 0 Å². The van der Waals surface area contributed by atoms with Gasteiger partial charge in [-0.15, -0.1) is 0 Å². The van der Waals surface area contributed by atoms with Gasteiger partial charge in [-0.05, 0) is 32.3 Å². The molecule has 1 aromatic carbocycles. The van der Waals surface area contributed by atoms with Crippen LogP contribution in [0.5, 0.6) is 0 Å². The molecule has 3 rings (SSSR count). The highest BCUT2D eigenvalue weighted by Gasteiger charge is 2.41. The van der Waals surface area contributed by atoms with Crippen LogP contribution in [0.1, 0.15) is 49.8 Å². The standard InChI is InChI=1S/C16H23NO/c1-12-5-7-14(8-6-12)15-13(2)17-16(11-18-15)9-3-4-10-16/h5-8,13,15,17H,3-4,9-11H2,1-2H3. The van der Waals surface area contributed by atoms with Gasteiger partial charge in [-0.25, -0.2) is 0 Å². The fraction of sp³-hybridized carbons (Fsp3) is 0.625. The summed E-state index contributed by atoms with van der Waals surface area (Å²) in [4.78, 5) is 0. The van der Waals surface area contributed by atoms with Crippen LogP contribution in [0, 0.1) is 6.92 Å². The molecule has 0 amide bonds. The molecule has 1 saturated carbocycles. The molecular weight excluding hydrogens is 222 g/mol. The molecule has 1 aliphatic carbocycles. The third-order valence-corrected chi connectivity index (χ3v) is 4.49. The van der Waals surface area contributed by atoms with Crippen molar-refractivity contribution in [1.82, 2.24) is 5.32 Å². The first kappa shape index (κ1) is 12.2.